The minimum atomic E-state index is -4.58. The van der Waals surface area contributed by atoms with Crippen LogP contribution in [0.3, 0.4) is 0 Å². The summed E-state index contributed by atoms with van der Waals surface area (Å²) in [5.74, 6) is -1.25. The third kappa shape index (κ3) is 2.77. The molecule has 0 bridgehead atoms. The van der Waals surface area contributed by atoms with Crippen LogP contribution in [0.2, 0.25) is 5.02 Å². The third-order valence-corrected chi connectivity index (χ3v) is 2.42. The summed E-state index contributed by atoms with van der Waals surface area (Å²) in [6.07, 6.45) is -4.36. The zero-order chi connectivity index (χ0) is 14.9. The fraction of sp³-hybridized carbons (Fsp3) is 0.300. The average molecular weight is 310 g/mol. The first-order valence-corrected chi connectivity index (χ1v) is 5.66. The molecule has 20 heavy (non-hydrogen) atoms. The predicted octanol–water partition coefficient (Wildman–Crippen LogP) is 2.29. The molecule has 0 aliphatic heterocycles. The van der Waals surface area contributed by atoms with E-state index >= 15 is 0 Å². The molecular weight excluding hydrogens is 303 g/mol. The average Bonchev–Trinajstić information content (AvgIpc) is 2.69. The molecule has 0 radical (unpaired) electrons. The van der Waals surface area contributed by atoms with Gasteiger partial charge in [-0.05, 0) is 13.0 Å². The Balaban J connectivity index is 2.46. The molecule has 0 aromatic carbocycles. The van der Waals surface area contributed by atoms with Gasteiger partial charge in [0.25, 0.3) is 0 Å². The van der Waals surface area contributed by atoms with Crippen LogP contribution in [0.1, 0.15) is 12.5 Å². The minimum Gasteiger partial charge on any atom is -0.449 e. The van der Waals surface area contributed by atoms with Gasteiger partial charge < -0.3 is 9.15 Å². The Morgan fingerprint density at radius 3 is 2.75 bits per heavy atom. The van der Waals surface area contributed by atoms with Crippen molar-refractivity contribution in [3.05, 3.63) is 33.4 Å². The van der Waals surface area contributed by atoms with Gasteiger partial charge in [0.1, 0.15) is 0 Å². The van der Waals surface area contributed by atoms with Crippen molar-refractivity contribution < 1.29 is 22.3 Å². The van der Waals surface area contributed by atoms with Crippen LogP contribution in [-0.2, 0) is 6.18 Å². The molecule has 0 spiro atoms. The van der Waals surface area contributed by atoms with Crippen LogP contribution in [0, 0.1) is 0 Å². The summed E-state index contributed by atoms with van der Waals surface area (Å²) < 4.78 is 47.5. The summed E-state index contributed by atoms with van der Waals surface area (Å²) in [6, 6.07) is 0.644. The summed E-state index contributed by atoms with van der Waals surface area (Å²) in [5, 5.41) is 3.22. The monoisotopic (exact) mass is 309 g/mol. The first-order valence-electron chi connectivity index (χ1n) is 5.29. The van der Waals surface area contributed by atoms with E-state index in [0.717, 1.165) is 0 Å². The van der Waals surface area contributed by atoms with Gasteiger partial charge in [-0.2, -0.15) is 13.2 Å². The molecular formula is C10H7ClF3N3O3. The van der Waals surface area contributed by atoms with Gasteiger partial charge in [-0.3, -0.25) is 0 Å². The van der Waals surface area contributed by atoms with Crippen molar-refractivity contribution in [1.82, 2.24) is 14.8 Å². The molecule has 2 aromatic rings. The van der Waals surface area contributed by atoms with Crippen molar-refractivity contribution in [3.63, 3.8) is 0 Å². The van der Waals surface area contributed by atoms with E-state index in [1.54, 1.807) is 6.92 Å². The first kappa shape index (κ1) is 14.4. The van der Waals surface area contributed by atoms with E-state index in [0.29, 0.717) is 16.9 Å². The lowest BCUT2D eigenvalue weighted by atomic mass is 10.3. The number of hydrogen-bond donors (Lipinski definition) is 0. The second kappa shape index (κ2) is 5.16. The van der Waals surface area contributed by atoms with Crippen molar-refractivity contribution in [2.45, 2.75) is 13.1 Å². The van der Waals surface area contributed by atoms with Crippen LogP contribution < -0.4 is 10.5 Å². The maximum Gasteiger partial charge on any atom is 0.445 e. The van der Waals surface area contributed by atoms with Gasteiger partial charge in [0.05, 0.1) is 17.2 Å². The Morgan fingerprint density at radius 1 is 1.50 bits per heavy atom. The molecule has 0 atom stereocenters. The topological polar surface area (TPSA) is 70.2 Å². The van der Waals surface area contributed by atoms with Gasteiger partial charge in [0, 0.05) is 6.20 Å². The second-order valence-corrected chi connectivity index (χ2v) is 3.91. The number of hydrogen-bond acceptors (Lipinski definition) is 5. The fourth-order valence-corrected chi connectivity index (χ4v) is 1.56. The van der Waals surface area contributed by atoms with Crippen molar-refractivity contribution in [2.75, 3.05) is 6.61 Å². The maximum absolute atomic E-state index is 12.5. The van der Waals surface area contributed by atoms with E-state index in [9.17, 15) is 18.0 Å². The third-order valence-electron chi connectivity index (χ3n) is 2.15. The predicted molar refractivity (Wildman–Crippen MR) is 61.1 cm³/mol. The Morgan fingerprint density at radius 2 is 2.20 bits per heavy atom. The molecule has 0 fully saturated rings. The van der Waals surface area contributed by atoms with Gasteiger partial charge in [0.15, 0.2) is 5.82 Å². The van der Waals surface area contributed by atoms with Crippen LogP contribution >= 0.6 is 11.6 Å². The van der Waals surface area contributed by atoms with Crippen molar-refractivity contribution in [1.29, 1.82) is 0 Å². The SMILES string of the molecule is CCOc1nn(-c2ncc(C(F)(F)F)cc2Cl)c(=O)o1. The van der Waals surface area contributed by atoms with Crippen molar-refractivity contribution >= 4 is 11.6 Å². The molecule has 6 nitrogen and oxygen atoms in total. The van der Waals surface area contributed by atoms with Gasteiger partial charge in [-0.1, -0.05) is 16.7 Å². The second-order valence-electron chi connectivity index (χ2n) is 3.51. The van der Waals surface area contributed by atoms with Crippen LogP contribution in [0.4, 0.5) is 13.2 Å². The molecule has 0 amide bonds. The van der Waals surface area contributed by atoms with E-state index in [1.165, 1.54) is 0 Å². The van der Waals surface area contributed by atoms with Gasteiger partial charge in [0.2, 0.25) is 0 Å². The number of pyridine rings is 1. The van der Waals surface area contributed by atoms with E-state index < -0.39 is 22.5 Å². The molecule has 2 aromatic heterocycles. The van der Waals surface area contributed by atoms with Crippen LogP contribution in [0.25, 0.3) is 5.82 Å². The summed E-state index contributed by atoms with van der Waals surface area (Å²) in [7, 11) is 0. The Hall–Kier alpha value is -2.03. The zero-order valence-corrected chi connectivity index (χ0v) is 10.7. The lowest BCUT2D eigenvalue weighted by molar-refractivity contribution is -0.137. The highest BCUT2D eigenvalue weighted by Crippen LogP contribution is 2.31. The lowest BCUT2D eigenvalue weighted by Crippen LogP contribution is -2.16. The molecule has 0 aliphatic rings. The molecule has 2 heterocycles. The van der Waals surface area contributed by atoms with Crippen molar-refractivity contribution in [3.8, 4) is 11.9 Å². The van der Waals surface area contributed by atoms with E-state index in [-0.39, 0.29) is 18.5 Å². The normalized spacial score (nSPS) is 11.7. The Kier molecular flexibility index (Phi) is 3.71. The molecule has 0 unspecified atom stereocenters. The number of rotatable bonds is 3. The number of alkyl halides is 3. The summed E-state index contributed by atoms with van der Waals surface area (Å²) >= 11 is 5.68. The fourth-order valence-electron chi connectivity index (χ4n) is 1.32. The van der Waals surface area contributed by atoms with Gasteiger partial charge in [-0.15, -0.1) is 4.68 Å². The number of ether oxygens (including phenoxy) is 1. The molecule has 0 aliphatic carbocycles. The number of halogens is 4. The molecule has 108 valence electrons. The first-order chi connectivity index (χ1) is 9.32. The largest absolute Gasteiger partial charge is 0.449 e. The number of aromatic nitrogens is 3. The summed E-state index contributed by atoms with van der Waals surface area (Å²) in [4.78, 5) is 15.0. The highest BCUT2D eigenvalue weighted by atomic mass is 35.5. The van der Waals surface area contributed by atoms with Crippen LogP contribution in [0.5, 0.6) is 6.08 Å². The van der Waals surface area contributed by atoms with E-state index in [4.69, 9.17) is 16.3 Å². The van der Waals surface area contributed by atoms with Gasteiger partial charge in [-0.25, -0.2) is 9.78 Å². The lowest BCUT2D eigenvalue weighted by Gasteiger charge is -2.07. The maximum atomic E-state index is 12.5. The highest BCUT2D eigenvalue weighted by molar-refractivity contribution is 6.32. The Labute approximate surface area is 114 Å². The molecule has 0 N–H and O–H groups in total. The zero-order valence-electron chi connectivity index (χ0n) is 9.94. The number of nitrogens with zero attached hydrogens (tertiary/aromatic N) is 3. The highest BCUT2D eigenvalue weighted by Gasteiger charge is 2.32. The van der Waals surface area contributed by atoms with Crippen molar-refractivity contribution in [2.24, 2.45) is 0 Å². The summed E-state index contributed by atoms with van der Waals surface area (Å²) in [6.45, 7) is 1.84. The standard InChI is InChI=1S/C10H7ClF3N3O3/c1-2-19-8-16-17(9(18)20-8)7-6(11)3-5(4-15-7)10(12,13)14/h3-4H,2H2,1H3. The van der Waals surface area contributed by atoms with Gasteiger partial charge >= 0.3 is 18.0 Å². The molecule has 0 saturated carbocycles. The Bertz CT molecular complexity index is 680. The smallest absolute Gasteiger partial charge is 0.445 e. The van der Waals surface area contributed by atoms with Crippen LogP contribution in [-0.4, -0.2) is 21.4 Å². The quantitative estimate of drug-likeness (QED) is 0.870. The van der Waals surface area contributed by atoms with E-state index in [1.807, 2.05) is 0 Å². The molecule has 10 heteroatoms. The van der Waals surface area contributed by atoms with E-state index in [2.05, 4.69) is 14.5 Å². The van der Waals surface area contributed by atoms with Crippen LogP contribution in [0.15, 0.2) is 21.5 Å². The molecule has 2 rings (SSSR count). The summed E-state index contributed by atoms with van der Waals surface area (Å²) in [5.41, 5.74) is -1.03. The molecule has 0 saturated heterocycles. The minimum absolute atomic E-state index is 0.203.